The largest absolute Gasteiger partial charge is 0.508 e. The van der Waals surface area contributed by atoms with Crippen LogP contribution in [0.25, 0.3) is 0 Å². The Bertz CT molecular complexity index is 768. The van der Waals surface area contributed by atoms with Gasteiger partial charge in [0.2, 0.25) is 5.78 Å². The zero-order valence-electron chi connectivity index (χ0n) is 13.4. The van der Waals surface area contributed by atoms with Crippen LogP contribution in [-0.2, 0) is 11.2 Å². The highest BCUT2D eigenvalue weighted by Gasteiger charge is 2.46. The highest BCUT2D eigenvalue weighted by Crippen LogP contribution is 2.40. The standard InChI is InChI=1S/C18H18O6/c1-22-13-5-3-11(4-6-13)9-18(23-2)10-24-15-8-12(19)7-14(20)16(15)17(18)21/h3-8,19-20H,9-10H2,1-2H3. The van der Waals surface area contributed by atoms with E-state index in [0.717, 1.165) is 17.4 Å². The Labute approximate surface area is 139 Å². The molecule has 0 radical (unpaired) electrons. The van der Waals surface area contributed by atoms with Crippen LogP contribution >= 0.6 is 0 Å². The van der Waals surface area contributed by atoms with Crippen LogP contribution in [0.3, 0.4) is 0 Å². The molecule has 0 amide bonds. The van der Waals surface area contributed by atoms with Crippen molar-refractivity contribution in [2.75, 3.05) is 20.8 Å². The lowest BCUT2D eigenvalue weighted by Gasteiger charge is -2.35. The Hall–Kier alpha value is -2.73. The maximum absolute atomic E-state index is 13.0. The summed E-state index contributed by atoms with van der Waals surface area (Å²) < 4.78 is 16.2. The van der Waals surface area contributed by atoms with Crippen molar-refractivity contribution in [2.45, 2.75) is 12.0 Å². The molecule has 6 nitrogen and oxygen atoms in total. The molecule has 0 saturated heterocycles. The quantitative estimate of drug-likeness (QED) is 0.895. The number of phenols is 2. The van der Waals surface area contributed by atoms with Gasteiger partial charge in [-0.15, -0.1) is 0 Å². The Morgan fingerprint density at radius 1 is 1.17 bits per heavy atom. The van der Waals surface area contributed by atoms with Gasteiger partial charge in [0.15, 0.2) is 5.60 Å². The minimum absolute atomic E-state index is 0.00967. The van der Waals surface area contributed by atoms with Crippen molar-refractivity contribution in [1.82, 2.24) is 0 Å². The highest BCUT2D eigenvalue weighted by molar-refractivity contribution is 6.08. The summed E-state index contributed by atoms with van der Waals surface area (Å²) in [6.07, 6.45) is 0.284. The minimum atomic E-state index is -1.24. The number of ether oxygens (including phenoxy) is 3. The van der Waals surface area contributed by atoms with Crippen molar-refractivity contribution < 1.29 is 29.2 Å². The number of carbonyl (C=O) groups excluding carboxylic acids is 1. The molecule has 126 valence electrons. The van der Waals surface area contributed by atoms with Crippen LogP contribution in [0.2, 0.25) is 0 Å². The van der Waals surface area contributed by atoms with E-state index in [1.54, 1.807) is 19.2 Å². The smallest absolute Gasteiger partial charge is 0.205 e. The van der Waals surface area contributed by atoms with E-state index in [0.29, 0.717) is 0 Å². The number of phenolic OH excluding ortho intramolecular Hbond substituents is 2. The first kappa shape index (κ1) is 16.1. The third-order valence-electron chi connectivity index (χ3n) is 4.21. The number of ketones is 1. The fourth-order valence-electron chi connectivity index (χ4n) is 2.84. The normalized spacial score (nSPS) is 19.5. The van der Waals surface area contributed by atoms with Gasteiger partial charge in [-0.2, -0.15) is 0 Å². The number of rotatable bonds is 4. The summed E-state index contributed by atoms with van der Waals surface area (Å²) in [5.74, 6) is -0.000598. The molecule has 2 aromatic carbocycles. The Balaban J connectivity index is 1.96. The fraction of sp³-hybridized carbons (Fsp3) is 0.278. The molecule has 0 fully saturated rings. The molecule has 0 aliphatic carbocycles. The van der Waals surface area contributed by atoms with Gasteiger partial charge in [0.25, 0.3) is 0 Å². The lowest BCUT2D eigenvalue weighted by molar-refractivity contribution is -0.0309. The van der Waals surface area contributed by atoms with Gasteiger partial charge in [-0.05, 0) is 17.7 Å². The van der Waals surface area contributed by atoms with E-state index in [1.807, 2.05) is 12.1 Å². The van der Waals surface area contributed by atoms with Crippen LogP contribution in [0, 0.1) is 0 Å². The number of hydrogen-bond donors (Lipinski definition) is 2. The lowest BCUT2D eigenvalue weighted by Crippen LogP contribution is -2.51. The third-order valence-corrected chi connectivity index (χ3v) is 4.21. The zero-order valence-corrected chi connectivity index (χ0v) is 13.4. The monoisotopic (exact) mass is 330 g/mol. The van der Waals surface area contributed by atoms with Crippen molar-refractivity contribution in [3.63, 3.8) is 0 Å². The van der Waals surface area contributed by atoms with Crippen molar-refractivity contribution in [2.24, 2.45) is 0 Å². The van der Waals surface area contributed by atoms with Crippen LogP contribution < -0.4 is 9.47 Å². The summed E-state index contributed by atoms with van der Waals surface area (Å²) in [7, 11) is 3.02. The summed E-state index contributed by atoms with van der Waals surface area (Å²) in [4.78, 5) is 13.0. The number of benzene rings is 2. The molecule has 1 aliphatic heterocycles. The Morgan fingerprint density at radius 3 is 2.50 bits per heavy atom. The molecule has 0 saturated carbocycles. The molecule has 3 rings (SSSR count). The molecule has 0 bridgehead atoms. The lowest BCUT2D eigenvalue weighted by atomic mass is 9.84. The number of aromatic hydroxyl groups is 2. The Kier molecular flexibility index (Phi) is 4.07. The maximum atomic E-state index is 13.0. The van der Waals surface area contributed by atoms with Crippen LogP contribution in [0.4, 0.5) is 0 Å². The second-order valence-electron chi connectivity index (χ2n) is 5.68. The molecule has 1 unspecified atom stereocenters. The molecular formula is C18H18O6. The molecule has 24 heavy (non-hydrogen) atoms. The topological polar surface area (TPSA) is 85.2 Å². The molecule has 1 aliphatic rings. The van der Waals surface area contributed by atoms with Gasteiger partial charge in [-0.1, -0.05) is 12.1 Å². The summed E-state index contributed by atoms with van der Waals surface area (Å²) in [6.45, 7) is -0.00967. The molecule has 1 heterocycles. The van der Waals surface area contributed by atoms with E-state index in [-0.39, 0.29) is 41.6 Å². The van der Waals surface area contributed by atoms with Gasteiger partial charge in [-0.25, -0.2) is 0 Å². The fourth-order valence-corrected chi connectivity index (χ4v) is 2.84. The van der Waals surface area contributed by atoms with Gasteiger partial charge in [0.1, 0.15) is 35.2 Å². The summed E-state index contributed by atoms with van der Waals surface area (Å²) in [5, 5.41) is 19.6. The summed E-state index contributed by atoms with van der Waals surface area (Å²) in [6, 6.07) is 9.71. The van der Waals surface area contributed by atoms with Crippen LogP contribution in [-0.4, -0.2) is 42.4 Å². The van der Waals surface area contributed by atoms with E-state index in [1.165, 1.54) is 13.2 Å². The second kappa shape index (κ2) is 6.05. The van der Waals surface area contributed by atoms with Crippen molar-refractivity contribution in [3.05, 3.63) is 47.5 Å². The predicted octanol–water partition coefficient (Wildman–Crippen LogP) is 2.31. The van der Waals surface area contributed by atoms with E-state index in [4.69, 9.17) is 14.2 Å². The molecule has 2 aromatic rings. The van der Waals surface area contributed by atoms with Gasteiger partial charge in [0.05, 0.1) is 7.11 Å². The number of Topliss-reactive ketones (excluding diaryl/α,β-unsaturated/α-hetero) is 1. The van der Waals surface area contributed by atoms with Crippen LogP contribution in [0.5, 0.6) is 23.0 Å². The third kappa shape index (κ3) is 2.65. The van der Waals surface area contributed by atoms with E-state index >= 15 is 0 Å². The first-order chi connectivity index (χ1) is 11.5. The first-order valence-corrected chi connectivity index (χ1v) is 7.41. The minimum Gasteiger partial charge on any atom is -0.508 e. The average Bonchev–Trinajstić information content (AvgIpc) is 2.57. The second-order valence-corrected chi connectivity index (χ2v) is 5.68. The van der Waals surface area contributed by atoms with Gasteiger partial charge < -0.3 is 24.4 Å². The number of hydrogen-bond acceptors (Lipinski definition) is 6. The molecule has 2 N–H and O–H groups in total. The van der Waals surface area contributed by atoms with Crippen molar-refractivity contribution in [1.29, 1.82) is 0 Å². The van der Waals surface area contributed by atoms with Crippen molar-refractivity contribution >= 4 is 5.78 Å². The molecule has 6 heteroatoms. The SMILES string of the molecule is COc1ccc(CC2(OC)COc3cc(O)cc(O)c3C2=O)cc1. The van der Waals surface area contributed by atoms with Crippen LogP contribution in [0.1, 0.15) is 15.9 Å². The summed E-state index contributed by atoms with van der Waals surface area (Å²) in [5.41, 5.74) is -0.346. The summed E-state index contributed by atoms with van der Waals surface area (Å²) >= 11 is 0. The molecule has 1 atom stereocenters. The first-order valence-electron chi connectivity index (χ1n) is 7.41. The van der Waals surface area contributed by atoms with Gasteiger partial charge in [-0.3, -0.25) is 4.79 Å². The molecular weight excluding hydrogens is 312 g/mol. The molecule has 0 aromatic heterocycles. The van der Waals surface area contributed by atoms with Gasteiger partial charge in [0, 0.05) is 25.7 Å². The Morgan fingerprint density at radius 2 is 1.88 bits per heavy atom. The number of methoxy groups -OCH3 is 2. The number of carbonyl (C=O) groups is 1. The maximum Gasteiger partial charge on any atom is 0.205 e. The zero-order chi connectivity index (χ0) is 17.3. The van der Waals surface area contributed by atoms with Crippen molar-refractivity contribution in [3.8, 4) is 23.0 Å². The number of fused-ring (bicyclic) bond motifs is 1. The van der Waals surface area contributed by atoms with Crippen LogP contribution in [0.15, 0.2) is 36.4 Å². The van der Waals surface area contributed by atoms with Gasteiger partial charge >= 0.3 is 0 Å². The predicted molar refractivity (Wildman–Crippen MR) is 86.0 cm³/mol. The van der Waals surface area contributed by atoms with E-state index in [9.17, 15) is 15.0 Å². The van der Waals surface area contributed by atoms with E-state index < -0.39 is 5.60 Å². The van der Waals surface area contributed by atoms with E-state index in [2.05, 4.69) is 0 Å². The molecule has 0 spiro atoms. The highest BCUT2D eigenvalue weighted by atomic mass is 16.5. The average molecular weight is 330 g/mol.